The molecule has 2 aromatic heterocycles. The molecule has 3 aromatic carbocycles. The topological polar surface area (TPSA) is 114 Å². The van der Waals surface area contributed by atoms with Crippen LogP contribution in [-0.4, -0.2) is 30.8 Å². The number of benzene rings is 3. The number of hydrogen-bond acceptors (Lipinski definition) is 7. The highest BCUT2D eigenvalue weighted by Gasteiger charge is 2.34. The lowest BCUT2D eigenvalue weighted by molar-refractivity contribution is -0.113. The van der Waals surface area contributed by atoms with Gasteiger partial charge in [-0.05, 0) is 66.6 Å². The van der Waals surface area contributed by atoms with Crippen LogP contribution < -0.4 is 15.4 Å². The maximum atomic E-state index is 13.7. The van der Waals surface area contributed by atoms with Gasteiger partial charge < -0.3 is 20.5 Å². The van der Waals surface area contributed by atoms with E-state index in [1.54, 1.807) is 53.5 Å². The van der Waals surface area contributed by atoms with Gasteiger partial charge in [-0.15, -0.1) is 5.10 Å². The lowest BCUT2D eigenvalue weighted by Crippen LogP contribution is -2.31. The van der Waals surface area contributed by atoms with Crippen molar-refractivity contribution in [3.63, 3.8) is 0 Å². The molecule has 40 heavy (non-hydrogen) atoms. The van der Waals surface area contributed by atoms with Crippen LogP contribution in [0.15, 0.2) is 115 Å². The Kier molecular flexibility index (Phi) is 6.68. The first-order chi connectivity index (χ1) is 19.5. The molecule has 1 aliphatic heterocycles. The van der Waals surface area contributed by atoms with Crippen LogP contribution >= 0.6 is 0 Å². The fraction of sp³-hybridized carbons (Fsp3) is 0.0968. The van der Waals surface area contributed by atoms with Gasteiger partial charge in [0.05, 0.1) is 17.5 Å². The number of hydrogen-bond donors (Lipinski definition) is 3. The smallest absolute Gasteiger partial charge is 0.255 e. The molecule has 0 fully saturated rings. The van der Waals surface area contributed by atoms with Gasteiger partial charge in [-0.2, -0.15) is 4.98 Å². The van der Waals surface area contributed by atoms with E-state index in [2.05, 4.69) is 15.6 Å². The third-order valence-corrected chi connectivity index (χ3v) is 6.56. The Morgan fingerprint density at radius 3 is 2.62 bits per heavy atom. The fourth-order valence-corrected chi connectivity index (χ4v) is 4.64. The van der Waals surface area contributed by atoms with Crippen molar-refractivity contribution in [2.45, 2.75) is 19.6 Å². The molecule has 0 saturated heterocycles. The number of carbonyl (C=O) groups is 1. The molecule has 6 rings (SSSR count). The van der Waals surface area contributed by atoms with Crippen molar-refractivity contribution in [1.29, 1.82) is 0 Å². The molecule has 1 amide bonds. The standard InChI is InChI=1S/C31H26N6O3/c1-20-27(30(39)34-24-10-6-16-32-18-24)28(23-9-5-11-26(17-23)40-19-21-7-3-2-4-8-21)37-31(33-20)35-29(36-37)22-12-14-25(38)15-13-22/h2-18,28,38H,19H2,1H3,(H,34,39)(H,33,35,36). The van der Waals surface area contributed by atoms with Crippen molar-refractivity contribution in [2.24, 2.45) is 0 Å². The van der Waals surface area contributed by atoms with Gasteiger partial charge in [0, 0.05) is 17.5 Å². The second kappa shape index (κ2) is 10.7. The van der Waals surface area contributed by atoms with Crippen LogP contribution in [0.2, 0.25) is 0 Å². The van der Waals surface area contributed by atoms with Gasteiger partial charge in [0.15, 0.2) is 5.82 Å². The van der Waals surface area contributed by atoms with Gasteiger partial charge in [-0.1, -0.05) is 42.5 Å². The van der Waals surface area contributed by atoms with E-state index in [0.29, 0.717) is 41.1 Å². The molecule has 9 nitrogen and oxygen atoms in total. The molecule has 3 N–H and O–H groups in total. The number of aromatic nitrogens is 4. The minimum absolute atomic E-state index is 0.155. The number of phenols is 1. The van der Waals surface area contributed by atoms with Crippen LogP contribution in [-0.2, 0) is 11.4 Å². The highest BCUT2D eigenvalue weighted by atomic mass is 16.5. The molecule has 5 aromatic rings. The summed E-state index contributed by atoms with van der Waals surface area (Å²) in [6.45, 7) is 2.26. The molecule has 0 spiro atoms. The van der Waals surface area contributed by atoms with Gasteiger partial charge in [0.25, 0.3) is 5.91 Å². The molecule has 198 valence electrons. The minimum atomic E-state index is -0.591. The van der Waals surface area contributed by atoms with E-state index in [4.69, 9.17) is 14.8 Å². The number of aromatic hydroxyl groups is 1. The summed E-state index contributed by atoms with van der Waals surface area (Å²) in [5.74, 6) is 1.50. The van der Waals surface area contributed by atoms with Crippen molar-refractivity contribution in [3.05, 3.63) is 126 Å². The maximum absolute atomic E-state index is 13.7. The van der Waals surface area contributed by atoms with E-state index in [9.17, 15) is 9.90 Å². The molecule has 0 bridgehead atoms. The van der Waals surface area contributed by atoms with Crippen LogP contribution in [0.4, 0.5) is 11.6 Å². The van der Waals surface area contributed by atoms with Crippen molar-refractivity contribution in [1.82, 2.24) is 19.7 Å². The van der Waals surface area contributed by atoms with E-state index in [0.717, 1.165) is 16.7 Å². The molecule has 0 saturated carbocycles. The third-order valence-electron chi connectivity index (χ3n) is 6.56. The number of allylic oxidation sites excluding steroid dienone is 1. The zero-order valence-electron chi connectivity index (χ0n) is 21.7. The summed E-state index contributed by atoms with van der Waals surface area (Å²) in [6.07, 6.45) is 3.25. The van der Waals surface area contributed by atoms with E-state index in [1.165, 1.54) is 0 Å². The first kappa shape index (κ1) is 24.9. The van der Waals surface area contributed by atoms with Crippen LogP contribution in [0.1, 0.15) is 24.1 Å². The monoisotopic (exact) mass is 530 g/mol. The molecule has 0 aliphatic carbocycles. The molecule has 1 atom stereocenters. The van der Waals surface area contributed by atoms with E-state index in [-0.39, 0.29) is 11.7 Å². The van der Waals surface area contributed by atoms with Gasteiger partial charge in [-0.3, -0.25) is 9.78 Å². The van der Waals surface area contributed by atoms with E-state index < -0.39 is 6.04 Å². The molecular weight excluding hydrogens is 504 g/mol. The Balaban J connectivity index is 1.39. The number of anilines is 2. The van der Waals surface area contributed by atoms with Crippen molar-refractivity contribution in [2.75, 3.05) is 10.6 Å². The predicted octanol–water partition coefficient (Wildman–Crippen LogP) is 5.55. The second-order valence-corrected chi connectivity index (χ2v) is 9.36. The average molecular weight is 531 g/mol. The zero-order chi connectivity index (χ0) is 27.5. The first-order valence-electron chi connectivity index (χ1n) is 12.8. The number of fused-ring (bicyclic) bond motifs is 1. The van der Waals surface area contributed by atoms with Crippen molar-refractivity contribution < 1.29 is 14.6 Å². The highest BCUT2D eigenvalue weighted by molar-refractivity contribution is 6.06. The number of pyridine rings is 1. The lowest BCUT2D eigenvalue weighted by Gasteiger charge is -2.29. The van der Waals surface area contributed by atoms with Gasteiger partial charge >= 0.3 is 0 Å². The normalized spacial score (nSPS) is 14.3. The zero-order valence-corrected chi connectivity index (χ0v) is 21.7. The Morgan fingerprint density at radius 1 is 1.02 bits per heavy atom. The minimum Gasteiger partial charge on any atom is -0.508 e. The van der Waals surface area contributed by atoms with Gasteiger partial charge in [0.1, 0.15) is 24.1 Å². The Labute approximate surface area is 230 Å². The number of rotatable bonds is 7. The van der Waals surface area contributed by atoms with E-state index >= 15 is 0 Å². The summed E-state index contributed by atoms with van der Waals surface area (Å²) in [4.78, 5) is 22.5. The van der Waals surface area contributed by atoms with Gasteiger partial charge in [-0.25, -0.2) is 4.68 Å². The average Bonchev–Trinajstić information content (AvgIpc) is 3.40. The lowest BCUT2D eigenvalue weighted by atomic mass is 9.95. The largest absolute Gasteiger partial charge is 0.508 e. The SMILES string of the molecule is CC1=C(C(=O)Nc2cccnc2)C(c2cccc(OCc3ccccc3)c2)n2nc(-c3ccc(O)cc3)nc2N1. The maximum Gasteiger partial charge on any atom is 0.255 e. The number of nitrogens with zero attached hydrogens (tertiary/aromatic N) is 4. The number of ether oxygens (including phenoxy) is 1. The summed E-state index contributed by atoms with van der Waals surface area (Å²) in [5, 5.41) is 20.7. The Hall–Kier alpha value is -5.44. The quantitative estimate of drug-likeness (QED) is 0.253. The summed E-state index contributed by atoms with van der Waals surface area (Å²) < 4.78 is 7.82. The first-order valence-corrected chi connectivity index (χ1v) is 12.8. The van der Waals surface area contributed by atoms with Crippen LogP contribution in [0.5, 0.6) is 11.5 Å². The molecule has 1 unspecified atom stereocenters. The van der Waals surface area contributed by atoms with Crippen molar-refractivity contribution >= 4 is 17.5 Å². The molecular formula is C31H26N6O3. The van der Waals surface area contributed by atoms with Crippen LogP contribution in [0, 0.1) is 0 Å². The molecule has 0 radical (unpaired) electrons. The number of nitrogens with one attached hydrogen (secondary N) is 2. The summed E-state index contributed by atoms with van der Waals surface area (Å²) in [6, 6.07) is 27.2. The summed E-state index contributed by atoms with van der Waals surface area (Å²) >= 11 is 0. The number of phenolic OH excluding ortho intramolecular Hbond substituents is 1. The summed E-state index contributed by atoms with van der Waals surface area (Å²) in [5.41, 5.74) is 4.32. The van der Waals surface area contributed by atoms with Crippen LogP contribution in [0.25, 0.3) is 11.4 Å². The highest BCUT2D eigenvalue weighted by Crippen LogP contribution is 2.38. The molecule has 1 aliphatic rings. The van der Waals surface area contributed by atoms with E-state index in [1.807, 2.05) is 61.5 Å². The number of amides is 1. The van der Waals surface area contributed by atoms with Gasteiger partial charge in [0.2, 0.25) is 5.95 Å². The molecule has 9 heteroatoms. The fourth-order valence-electron chi connectivity index (χ4n) is 4.64. The number of carbonyl (C=O) groups excluding carboxylic acids is 1. The van der Waals surface area contributed by atoms with Crippen LogP contribution in [0.3, 0.4) is 0 Å². The Morgan fingerprint density at radius 2 is 1.85 bits per heavy atom. The second-order valence-electron chi connectivity index (χ2n) is 9.36. The molecule has 3 heterocycles. The third kappa shape index (κ3) is 5.12. The summed E-state index contributed by atoms with van der Waals surface area (Å²) in [7, 11) is 0. The predicted molar refractivity (Wildman–Crippen MR) is 152 cm³/mol. The Bertz CT molecular complexity index is 1680. The van der Waals surface area contributed by atoms with Crippen molar-refractivity contribution in [3.8, 4) is 22.9 Å².